The van der Waals surface area contributed by atoms with Gasteiger partial charge in [-0.2, -0.15) is 0 Å². The molecule has 194 valence electrons. The number of amides is 1. The highest BCUT2D eigenvalue weighted by Crippen LogP contribution is 2.40. The Morgan fingerprint density at radius 3 is 2.47 bits per heavy atom. The predicted molar refractivity (Wildman–Crippen MR) is 154 cm³/mol. The van der Waals surface area contributed by atoms with Crippen LogP contribution in [0.15, 0.2) is 85.1 Å². The molecule has 3 heterocycles. The van der Waals surface area contributed by atoms with E-state index in [2.05, 4.69) is 44.1 Å². The van der Waals surface area contributed by atoms with E-state index in [4.69, 9.17) is 17.0 Å². The van der Waals surface area contributed by atoms with Crippen molar-refractivity contribution in [2.45, 2.75) is 32.4 Å². The van der Waals surface area contributed by atoms with E-state index >= 15 is 0 Å². The van der Waals surface area contributed by atoms with Crippen molar-refractivity contribution in [3.05, 3.63) is 108 Å². The van der Waals surface area contributed by atoms with Crippen LogP contribution in [0.5, 0.6) is 5.75 Å². The number of rotatable bonds is 8. The number of carbonyl (C=O) groups excluding carboxylic acids is 1. The molecule has 2 aromatic carbocycles. The lowest BCUT2D eigenvalue weighted by Crippen LogP contribution is -2.33. The minimum absolute atomic E-state index is 0.0570. The summed E-state index contributed by atoms with van der Waals surface area (Å²) in [4.78, 5) is 19.6. The first-order chi connectivity index (χ1) is 18.4. The van der Waals surface area contributed by atoms with E-state index in [0.717, 1.165) is 39.8 Å². The molecule has 1 amide bonds. The molecule has 0 saturated carbocycles. The number of nitrogens with zero attached hydrogens (tertiary/aromatic N) is 3. The number of anilines is 1. The summed E-state index contributed by atoms with van der Waals surface area (Å²) in [6.45, 7) is 4.57. The first-order valence-electron chi connectivity index (χ1n) is 12.6. The van der Waals surface area contributed by atoms with Crippen LogP contribution in [-0.2, 0) is 4.79 Å². The van der Waals surface area contributed by atoms with Gasteiger partial charge in [0.25, 0.3) is 0 Å². The van der Waals surface area contributed by atoms with Gasteiger partial charge in [0.15, 0.2) is 5.11 Å². The minimum Gasteiger partial charge on any atom is -0.497 e. The summed E-state index contributed by atoms with van der Waals surface area (Å²) in [6, 6.07) is 25.6. The fourth-order valence-corrected chi connectivity index (χ4v) is 5.26. The average molecular weight is 526 g/mol. The molecule has 4 aromatic rings. The predicted octanol–water partition coefficient (Wildman–Crippen LogP) is 5.50. The third kappa shape index (κ3) is 5.26. The fourth-order valence-electron chi connectivity index (χ4n) is 4.92. The van der Waals surface area contributed by atoms with E-state index in [1.807, 2.05) is 73.7 Å². The Morgan fingerprint density at radius 2 is 1.79 bits per heavy atom. The molecule has 5 rings (SSSR count). The van der Waals surface area contributed by atoms with Crippen molar-refractivity contribution in [2.24, 2.45) is 0 Å². The van der Waals surface area contributed by atoms with E-state index in [-0.39, 0.29) is 18.0 Å². The Morgan fingerprint density at radius 1 is 1.03 bits per heavy atom. The highest BCUT2D eigenvalue weighted by molar-refractivity contribution is 7.80. The van der Waals surface area contributed by atoms with Gasteiger partial charge in [-0.05, 0) is 86.7 Å². The summed E-state index contributed by atoms with van der Waals surface area (Å²) in [5, 5.41) is 7.09. The first kappa shape index (κ1) is 25.5. The lowest BCUT2D eigenvalue weighted by atomic mass is 10.0. The molecule has 0 aliphatic carbocycles. The van der Waals surface area contributed by atoms with Crippen molar-refractivity contribution in [1.82, 2.24) is 19.8 Å². The number of thiocarbonyl (C=S) groups is 1. The van der Waals surface area contributed by atoms with E-state index < -0.39 is 0 Å². The third-order valence-electron chi connectivity index (χ3n) is 6.85. The number of aryl methyl sites for hydroxylation is 2. The smallest absolute Gasteiger partial charge is 0.226 e. The molecule has 2 atom stereocenters. The SMILES string of the molecule is COc1ccc(-n2c(C)ccc2[C@@H]2[C@@H](c3ccccn3)NC(=S)N2CCC(=O)Nc2ccc(C)cc2)cc1. The summed E-state index contributed by atoms with van der Waals surface area (Å²) in [7, 11) is 1.66. The van der Waals surface area contributed by atoms with Gasteiger partial charge in [-0.15, -0.1) is 0 Å². The van der Waals surface area contributed by atoms with Crippen LogP contribution in [0.3, 0.4) is 0 Å². The van der Waals surface area contributed by atoms with Gasteiger partial charge < -0.3 is 24.8 Å². The Balaban J connectivity index is 1.46. The number of benzene rings is 2. The molecule has 1 fully saturated rings. The van der Waals surface area contributed by atoms with Gasteiger partial charge in [0.05, 0.1) is 24.9 Å². The van der Waals surface area contributed by atoms with Gasteiger partial charge in [-0.1, -0.05) is 23.8 Å². The highest BCUT2D eigenvalue weighted by atomic mass is 32.1. The van der Waals surface area contributed by atoms with Gasteiger partial charge in [0.1, 0.15) is 5.75 Å². The summed E-state index contributed by atoms with van der Waals surface area (Å²) in [5.74, 6) is 0.745. The normalized spacial score (nSPS) is 16.8. The van der Waals surface area contributed by atoms with Gasteiger partial charge in [0, 0.05) is 41.9 Å². The van der Waals surface area contributed by atoms with E-state index in [9.17, 15) is 4.79 Å². The quantitative estimate of drug-likeness (QED) is 0.296. The number of nitrogens with one attached hydrogen (secondary N) is 2. The Bertz CT molecular complexity index is 1420. The molecule has 1 aliphatic heterocycles. The molecule has 0 unspecified atom stereocenters. The van der Waals surface area contributed by atoms with Crippen LogP contribution in [0.1, 0.15) is 41.1 Å². The largest absolute Gasteiger partial charge is 0.497 e. The molecule has 1 saturated heterocycles. The molecule has 8 heteroatoms. The second-order valence-electron chi connectivity index (χ2n) is 9.42. The van der Waals surface area contributed by atoms with Gasteiger partial charge in [0.2, 0.25) is 5.91 Å². The van der Waals surface area contributed by atoms with Gasteiger partial charge >= 0.3 is 0 Å². The molecular weight excluding hydrogens is 494 g/mol. The second kappa shape index (κ2) is 11.1. The van der Waals surface area contributed by atoms with Gasteiger partial charge in [-0.3, -0.25) is 9.78 Å². The Labute approximate surface area is 228 Å². The number of hydrogen-bond donors (Lipinski definition) is 2. The highest BCUT2D eigenvalue weighted by Gasteiger charge is 2.41. The Kier molecular flexibility index (Phi) is 7.42. The van der Waals surface area contributed by atoms with Crippen molar-refractivity contribution in [1.29, 1.82) is 0 Å². The van der Waals surface area contributed by atoms with Crippen molar-refractivity contribution < 1.29 is 9.53 Å². The van der Waals surface area contributed by atoms with E-state index in [1.54, 1.807) is 13.3 Å². The molecule has 7 nitrogen and oxygen atoms in total. The lowest BCUT2D eigenvalue weighted by Gasteiger charge is -2.29. The summed E-state index contributed by atoms with van der Waals surface area (Å²) in [6.07, 6.45) is 2.09. The summed E-state index contributed by atoms with van der Waals surface area (Å²) >= 11 is 5.82. The topological polar surface area (TPSA) is 71.4 Å². The third-order valence-corrected chi connectivity index (χ3v) is 7.21. The first-order valence-corrected chi connectivity index (χ1v) is 13.0. The van der Waals surface area contributed by atoms with Crippen LogP contribution in [0.2, 0.25) is 0 Å². The number of methoxy groups -OCH3 is 1. The van der Waals surface area contributed by atoms with Crippen LogP contribution in [0.25, 0.3) is 5.69 Å². The monoisotopic (exact) mass is 525 g/mol. The van der Waals surface area contributed by atoms with Crippen LogP contribution in [-0.4, -0.2) is 39.1 Å². The zero-order valence-corrected chi connectivity index (χ0v) is 22.5. The van der Waals surface area contributed by atoms with E-state index in [0.29, 0.717) is 18.1 Å². The van der Waals surface area contributed by atoms with Crippen LogP contribution >= 0.6 is 12.2 Å². The van der Waals surface area contributed by atoms with Crippen molar-refractivity contribution in [2.75, 3.05) is 19.0 Å². The zero-order valence-electron chi connectivity index (χ0n) is 21.7. The summed E-state index contributed by atoms with van der Waals surface area (Å²) < 4.78 is 7.60. The maximum atomic E-state index is 12.9. The fraction of sp³-hybridized carbons (Fsp3) is 0.233. The van der Waals surface area contributed by atoms with E-state index in [1.165, 1.54) is 0 Å². The second-order valence-corrected chi connectivity index (χ2v) is 9.80. The number of hydrogen-bond acceptors (Lipinski definition) is 4. The van der Waals surface area contributed by atoms with Crippen molar-refractivity contribution in [3.8, 4) is 11.4 Å². The number of aromatic nitrogens is 2. The maximum Gasteiger partial charge on any atom is 0.226 e. The molecule has 0 spiro atoms. The molecule has 38 heavy (non-hydrogen) atoms. The minimum atomic E-state index is -0.171. The lowest BCUT2D eigenvalue weighted by molar-refractivity contribution is -0.116. The molecule has 0 radical (unpaired) electrons. The number of ether oxygens (including phenoxy) is 1. The van der Waals surface area contributed by atoms with Crippen LogP contribution in [0, 0.1) is 13.8 Å². The molecule has 2 N–H and O–H groups in total. The molecule has 0 bridgehead atoms. The molecular formula is C30H31N5O2S. The summed E-state index contributed by atoms with van der Waals surface area (Å²) in [5.41, 5.74) is 6.02. The van der Waals surface area contributed by atoms with Crippen LogP contribution < -0.4 is 15.4 Å². The van der Waals surface area contributed by atoms with Crippen molar-refractivity contribution >= 4 is 28.9 Å². The number of carbonyl (C=O) groups is 1. The van der Waals surface area contributed by atoms with Gasteiger partial charge in [-0.25, -0.2) is 0 Å². The standard InChI is InChI=1S/C30H31N5O2S/c1-20-7-10-22(11-8-20)32-27(36)17-19-34-29(28(33-30(34)38)25-6-4-5-18-31-25)26-16-9-21(2)35(26)23-12-14-24(37-3)15-13-23/h4-16,18,28-29H,17,19H2,1-3H3,(H,32,36)(H,33,38)/t28-,29-/m1/s1. The average Bonchev–Trinajstić information content (AvgIpc) is 3.48. The maximum absolute atomic E-state index is 12.9. The number of pyridine rings is 1. The molecule has 1 aliphatic rings. The van der Waals surface area contributed by atoms with Crippen LogP contribution in [0.4, 0.5) is 5.69 Å². The Hall–Kier alpha value is -4.17. The van der Waals surface area contributed by atoms with Crippen molar-refractivity contribution in [3.63, 3.8) is 0 Å². The zero-order chi connectivity index (χ0) is 26.6. The molecule has 2 aromatic heterocycles.